The largest absolute Gasteiger partial charge is 0.416 e. The highest BCUT2D eigenvalue weighted by atomic mass is 32.2. The van der Waals surface area contributed by atoms with Gasteiger partial charge in [-0.2, -0.15) is 26.3 Å². The average molecular weight is 1800 g/mol. The predicted molar refractivity (Wildman–Crippen MR) is 486 cm³/mol. The summed E-state index contributed by atoms with van der Waals surface area (Å²) >= 11 is 4.87. The number of amides is 5. The first-order valence-corrected chi connectivity index (χ1v) is 46.7. The predicted octanol–water partition coefficient (Wildman–Crippen LogP) is 14.0. The van der Waals surface area contributed by atoms with Gasteiger partial charge in [0.15, 0.2) is 0 Å². The Bertz CT molecular complexity index is 5230. The van der Waals surface area contributed by atoms with E-state index in [1.807, 2.05) is 111 Å². The molecule has 18 rings (SSSR count). The standard InChI is InChI=1S/C30H29F3N4O2S.C22H25F3N4OS.C21H26N4O2S.C21H26N4OS/c31-30(32,33)21-10-11-27-25(20-21)36(24-8-3-4-9-26(24)40-27)13-5-12-34-14-16-35(17-15-34)18-19-37-28(38)22-6-1-2-7-23(22)29(37)39;23-22(24,25)16-6-7-20-18(14-16)29(17-4-1-2-5-19(17)31-20)9-3-8-27-10-12-28(13-11-27)15-21(26)30;22-21(26)16-24-14-12-23(13-15-24)10-5-11-25-17-6-1-3-8-19(17)28(27)20-9-4-2-7-18(20)25;22-21(26)16-24-14-12-23(13-15-24)10-5-11-25-17-6-1-3-8-19(17)27-20-9-4-2-7-18(20)25/h1-4,6-11,20H,5,12-19H2;1-2,4-7,14H,3,8-13,15H2,(H2,26,30);1-4,6-9H,5,10-16H2,(H2,22,26);1-4,6-9H,5,10-16H2,(H2,22,26). The van der Waals surface area contributed by atoms with Crippen LogP contribution in [-0.2, 0) is 37.5 Å². The number of fused-ring (bicyclic) bond motifs is 9. The number of benzene rings is 9. The third kappa shape index (κ3) is 22.6. The maximum Gasteiger partial charge on any atom is 0.416 e. The maximum atomic E-state index is 13.5. The zero-order valence-corrected chi connectivity index (χ0v) is 73.6. The quantitative estimate of drug-likeness (QED) is 0.0357. The van der Waals surface area contributed by atoms with Gasteiger partial charge in [0.2, 0.25) is 17.7 Å². The summed E-state index contributed by atoms with van der Waals surface area (Å²) in [6.07, 6.45) is -4.99. The van der Waals surface area contributed by atoms with Gasteiger partial charge >= 0.3 is 12.4 Å². The monoisotopic (exact) mass is 1800 g/mol. The fourth-order valence-corrected chi connectivity index (χ4v) is 22.2. The summed E-state index contributed by atoms with van der Waals surface area (Å²) in [7, 11) is -1.13. The molecule has 0 atom stereocenters. The van der Waals surface area contributed by atoms with Crippen LogP contribution in [0.25, 0.3) is 0 Å². The summed E-state index contributed by atoms with van der Waals surface area (Å²) in [5, 5.41) is 0. The third-order valence-corrected chi connectivity index (χ3v) is 29.0. The number of primary amides is 3. The summed E-state index contributed by atoms with van der Waals surface area (Å²) in [5.41, 5.74) is 23.4. The number of nitrogens with zero attached hydrogens (tertiary/aromatic N) is 13. The molecule has 126 heavy (non-hydrogen) atoms. The highest BCUT2D eigenvalue weighted by Crippen LogP contribution is 2.53. The second kappa shape index (κ2) is 42.0. The summed E-state index contributed by atoms with van der Waals surface area (Å²) < 4.78 is 93.3. The number of imide groups is 1. The zero-order chi connectivity index (χ0) is 88.0. The molecule has 6 N–H and O–H groups in total. The Morgan fingerprint density at radius 3 is 0.833 bits per heavy atom. The van der Waals surface area contributed by atoms with E-state index in [9.17, 15) is 54.5 Å². The molecule has 4 fully saturated rings. The van der Waals surface area contributed by atoms with Crippen LogP contribution >= 0.6 is 35.3 Å². The minimum absolute atomic E-state index is 0.221. The van der Waals surface area contributed by atoms with Crippen molar-refractivity contribution in [2.75, 3.05) is 209 Å². The van der Waals surface area contributed by atoms with Gasteiger partial charge < -0.3 is 56.4 Å². The first-order valence-electron chi connectivity index (χ1n) is 43.1. The van der Waals surface area contributed by atoms with Crippen LogP contribution in [0.15, 0.2) is 245 Å². The number of alkyl halides is 6. The van der Waals surface area contributed by atoms with Gasteiger partial charge in [-0.05, 0) is 173 Å². The van der Waals surface area contributed by atoms with Gasteiger partial charge in [0.1, 0.15) is 0 Å². The van der Waals surface area contributed by atoms with Crippen molar-refractivity contribution in [1.82, 2.24) is 44.1 Å². The minimum atomic E-state index is -4.39. The molecular formula is C94H106F6N16O6S4. The van der Waals surface area contributed by atoms with Crippen LogP contribution in [0.2, 0.25) is 0 Å². The minimum Gasteiger partial charge on any atom is -0.369 e. The average Bonchev–Trinajstić information content (AvgIpc) is 0.857. The lowest BCUT2D eigenvalue weighted by Crippen LogP contribution is -2.49. The van der Waals surface area contributed by atoms with Gasteiger partial charge in [0, 0.05) is 173 Å². The van der Waals surface area contributed by atoms with Gasteiger partial charge in [-0.1, -0.05) is 120 Å². The van der Waals surface area contributed by atoms with Gasteiger partial charge in [-0.15, -0.1) is 0 Å². The molecule has 0 aromatic heterocycles. The summed E-state index contributed by atoms with van der Waals surface area (Å²) in [6.45, 7) is 23.2. The lowest BCUT2D eigenvalue weighted by molar-refractivity contribution is -0.138. The highest BCUT2D eigenvalue weighted by molar-refractivity contribution is 8.00. The van der Waals surface area contributed by atoms with Crippen molar-refractivity contribution >= 4 is 121 Å². The number of piperazine rings is 4. The molecule has 0 saturated carbocycles. The molecule has 32 heteroatoms. The summed E-state index contributed by atoms with van der Waals surface area (Å²) in [6, 6.07) is 63.9. The van der Waals surface area contributed by atoms with Crippen LogP contribution in [0.3, 0.4) is 0 Å². The number of para-hydroxylation sites is 6. The number of carbonyl (C=O) groups is 5. The Morgan fingerprint density at radius 2 is 0.532 bits per heavy atom. The first-order chi connectivity index (χ1) is 60.9. The van der Waals surface area contributed by atoms with Crippen LogP contribution in [-0.4, -0.2) is 268 Å². The Morgan fingerprint density at radius 1 is 0.286 bits per heavy atom. The van der Waals surface area contributed by atoms with Gasteiger partial charge in [-0.25, -0.2) is 4.21 Å². The second-order valence-corrected chi connectivity index (χ2v) is 37.2. The Balaban J connectivity index is 0.000000131. The van der Waals surface area contributed by atoms with Gasteiger partial charge in [0.05, 0.1) is 108 Å². The topological polar surface area (TPSA) is 223 Å². The summed E-state index contributed by atoms with van der Waals surface area (Å²) in [4.78, 5) is 95.0. The number of halogens is 6. The molecule has 664 valence electrons. The number of hydrogen-bond acceptors (Lipinski definition) is 21. The molecule has 0 spiro atoms. The second-order valence-electron chi connectivity index (χ2n) is 32.5. The molecule has 4 saturated heterocycles. The lowest BCUT2D eigenvalue weighted by Gasteiger charge is -2.36. The van der Waals surface area contributed by atoms with Crippen molar-refractivity contribution in [1.29, 1.82) is 0 Å². The van der Waals surface area contributed by atoms with Crippen molar-refractivity contribution in [3.8, 4) is 0 Å². The van der Waals surface area contributed by atoms with Crippen LogP contribution in [0.5, 0.6) is 0 Å². The van der Waals surface area contributed by atoms with E-state index in [1.165, 1.54) is 61.7 Å². The van der Waals surface area contributed by atoms with Crippen molar-refractivity contribution < 1.29 is 54.5 Å². The number of nitrogens with two attached hydrogens (primary N) is 3. The number of carbonyl (C=O) groups excluding carboxylic acids is 5. The van der Waals surface area contributed by atoms with Crippen LogP contribution in [0.1, 0.15) is 57.5 Å². The molecule has 9 aliphatic heterocycles. The van der Waals surface area contributed by atoms with Crippen molar-refractivity contribution in [2.45, 2.75) is 77.2 Å². The molecule has 0 aliphatic carbocycles. The molecule has 0 unspecified atom stereocenters. The number of anilines is 8. The zero-order valence-electron chi connectivity index (χ0n) is 70.4. The maximum absolute atomic E-state index is 13.5. The molecule has 9 aliphatic rings. The molecule has 22 nitrogen and oxygen atoms in total. The fourth-order valence-electron chi connectivity index (χ4n) is 17.6. The fraction of sp³-hybridized carbons (Fsp3) is 0.372. The number of hydrogen-bond donors (Lipinski definition) is 3. The number of rotatable bonds is 25. The van der Waals surface area contributed by atoms with Crippen molar-refractivity contribution in [2.24, 2.45) is 17.2 Å². The SMILES string of the molecule is NC(=O)CN1CCN(CCCN2c3ccccc3S(=O)c3ccccc32)CC1.NC(=O)CN1CCN(CCCN2c3ccccc3Sc3ccc(C(F)(F)F)cc32)CC1.NC(=O)CN1CCN(CCCN2c3ccccc3Sc3ccccc32)CC1.O=C1c2ccccc2C(=O)N1CCN1CCN(CCCN2c3ccccc3Sc3ccc(C(F)(F)F)cc32)CC1. The van der Waals surface area contributed by atoms with Gasteiger partial charge in [0.25, 0.3) is 11.8 Å². The highest BCUT2D eigenvalue weighted by Gasteiger charge is 2.39. The first kappa shape index (κ1) is 91.0. The van der Waals surface area contributed by atoms with E-state index < -0.39 is 34.3 Å². The van der Waals surface area contributed by atoms with E-state index in [1.54, 1.807) is 36.4 Å². The Labute approximate surface area is 747 Å². The molecule has 0 bridgehead atoms. The van der Waals surface area contributed by atoms with E-state index in [0.717, 1.165) is 234 Å². The Hall–Kier alpha value is -9.81. The van der Waals surface area contributed by atoms with Gasteiger partial charge in [-0.3, -0.25) is 48.5 Å². The molecule has 9 aromatic carbocycles. The van der Waals surface area contributed by atoms with E-state index in [2.05, 4.69) is 105 Å². The molecule has 0 radical (unpaired) electrons. The smallest absolute Gasteiger partial charge is 0.369 e. The summed E-state index contributed by atoms with van der Waals surface area (Å²) in [5.74, 6) is -1.24. The van der Waals surface area contributed by atoms with E-state index in [0.29, 0.717) is 61.8 Å². The van der Waals surface area contributed by atoms with E-state index >= 15 is 0 Å². The molecule has 9 aromatic rings. The molecular weight excluding hydrogens is 1690 g/mol. The molecule has 9 heterocycles. The van der Waals surface area contributed by atoms with Crippen molar-refractivity contribution in [3.63, 3.8) is 0 Å². The van der Waals surface area contributed by atoms with Crippen molar-refractivity contribution in [3.05, 3.63) is 229 Å². The van der Waals surface area contributed by atoms with E-state index in [-0.39, 0.29) is 36.1 Å². The third-order valence-electron chi connectivity index (χ3n) is 24.1. The Kier molecular flexibility index (Phi) is 30.3. The van der Waals surface area contributed by atoms with Crippen LogP contribution in [0, 0.1) is 0 Å². The lowest BCUT2D eigenvalue weighted by atomic mass is 10.1. The van der Waals surface area contributed by atoms with E-state index in [4.69, 9.17) is 17.2 Å². The van der Waals surface area contributed by atoms with Crippen LogP contribution < -0.4 is 36.8 Å². The molecule has 5 amide bonds. The normalized spacial score (nSPS) is 17.6. The van der Waals surface area contributed by atoms with Crippen LogP contribution in [0.4, 0.5) is 71.8 Å².